The van der Waals surface area contributed by atoms with Crippen LogP contribution in [0.2, 0.25) is 0 Å². The van der Waals surface area contributed by atoms with Gasteiger partial charge in [0, 0.05) is 43.9 Å². The number of carbonyl (C=O) groups excluding carboxylic acids is 2. The quantitative estimate of drug-likeness (QED) is 0.440. The number of hydrogen-bond donors (Lipinski definition) is 1. The third-order valence-electron chi connectivity index (χ3n) is 7.81. The molecule has 2 atom stereocenters. The Morgan fingerprint density at radius 2 is 1.44 bits per heavy atom. The van der Waals surface area contributed by atoms with Crippen LogP contribution >= 0.6 is 0 Å². The number of aromatic nitrogens is 1. The zero-order valence-electron chi connectivity index (χ0n) is 25.7. The van der Waals surface area contributed by atoms with E-state index in [1.807, 2.05) is 60.8 Å². The molecule has 45 heavy (non-hydrogen) atoms. The predicted molar refractivity (Wildman–Crippen MR) is 166 cm³/mol. The highest BCUT2D eigenvalue weighted by Gasteiger charge is 2.32. The first-order valence-corrected chi connectivity index (χ1v) is 15.4. The molecule has 1 aromatic heterocycles. The summed E-state index contributed by atoms with van der Waals surface area (Å²) in [6.07, 6.45) is 3.41. The number of rotatable bonds is 6. The summed E-state index contributed by atoms with van der Waals surface area (Å²) in [7, 11) is 0. The van der Waals surface area contributed by atoms with Gasteiger partial charge in [0.1, 0.15) is 0 Å². The summed E-state index contributed by atoms with van der Waals surface area (Å²) >= 11 is 0. The second kappa shape index (κ2) is 16.6. The fourth-order valence-corrected chi connectivity index (χ4v) is 5.40. The normalized spacial score (nSPS) is 20.9. The summed E-state index contributed by atoms with van der Waals surface area (Å²) < 4.78 is 36.6. The number of ether oxygens (including phenoxy) is 6. The van der Waals surface area contributed by atoms with Gasteiger partial charge in [-0.2, -0.15) is 0 Å². The van der Waals surface area contributed by atoms with Crippen molar-refractivity contribution in [2.75, 3.05) is 65.9 Å². The van der Waals surface area contributed by atoms with Crippen molar-refractivity contribution in [3.8, 4) is 0 Å². The summed E-state index contributed by atoms with van der Waals surface area (Å²) in [5.74, 6) is -0.465. The van der Waals surface area contributed by atoms with E-state index in [-0.39, 0.29) is 36.7 Å². The lowest BCUT2D eigenvalue weighted by Crippen LogP contribution is -2.40. The van der Waals surface area contributed by atoms with Crippen molar-refractivity contribution in [3.63, 3.8) is 0 Å². The summed E-state index contributed by atoms with van der Waals surface area (Å²) in [5.41, 5.74) is 3.45. The van der Waals surface area contributed by atoms with Crippen LogP contribution < -0.4 is 0 Å². The number of aliphatic hydroxyl groups is 1. The molecule has 11 heteroatoms. The van der Waals surface area contributed by atoms with Crippen LogP contribution in [0.15, 0.2) is 66.6 Å². The van der Waals surface area contributed by atoms with Gasteiger partial charge < -0.3 is 38.4 Å². The molecule has 3 heterocycles. The van der Waals surface area contributed by atoms with Crippen molar-refractivity contribution in [1.29, 1.82) is 0 Å². The van der Waals surface area contributed by atoms with Crippen LogP contribution in [0.4, 0.5) is 0 Å². The molecule has 0 spiro atoms. The minimum absolute atomic E-state index is 0.0349. The van der Waals surface area contributed by atoms with E-state index in [2.05, 4.69) is 0 Å². The van der Waals surface area contributed by atoms with E-state index in [4.69, 9.17) is 28.4 Å². The number of carbonyl (C=O) groups is 2. The van der Waals surface area contributed by atoms with Gasteiger partial charge in [0.05, 0.1) is 71.6 Å². The molecule has 0 aliphatic carbocycles. The Bertz CT molecular complexity index is 1420. The summed E-state index contributed by atoms with van der Waals surface area (Å²) in [5, 5.41) is 10.3. The van der Waals surface area contributed by atoms with Gasteiger partial charge in [-0.15, -0.1) is 0 Å². The molecule has 1 saturated heterocycles. The van der Waals surface area contributed by atoms with E-state index in [1.54, 1.807) is 9.47 Å². The SMILES string of the molecule is CC(=O)n1cc(C2C=C(C(=O)N3CCOCCOCCOCCOCC3)OC(OCc3ccc(CO)cc3)C2)c2ccccc21. The lowest BCUT2D eigenvalue weighted by atomic mass is 9.92. The van der Waals surface area contributed by atoms with Crippen LogP contribution in [0.1, 0.15) is 40.7 Å². The highest BCUT2D eigenvalue weighted by Crippen LogP contribution is 2.37. The third kappa shape index (κ3) is 9.00. The molecule has 0 bridgehead atoms. The molecule has 2 unspecified atom stereocenters. The lowest BCUT2D eigenvalue weighted by molar-refractivity contribution is -0.156. The van der Waals surface area contributed by atoms with Crippen LogP contribution in [-0.4, -0.2) is 98.6 Å². The van der Waals surface area contributed by atoms with Gasteiger partial charge in [0.25, 0.3) is 5.91 Å². The average molecular weight is 623 g/mol. The van der Waals surface area contributed by atoms with Crippen LogP contribution in [0.5, 0.6) is 0 Å². The second-order valence-corrected chi connectivity index (χ2v) is 10.9. The largest absolute Gasteiger partial charge is 0.459 e. The number of fused-ring (bicyclic) bond motifs is 1. The molecule has 5 rings (SSSR count). The molecule has 1 fully saturated rings. The van der Waals surface area contributed by atoms with Crippen molar-refractivity contribution in [2.45, 2.75) is 38.8 Å². The van der Waals surface area contributed by atoms with Gasteiger partial charge in [-0.25, -0.2) is 0 Å². The first-order chi connectivity index (χ1) is 22.0. The number of allylic oxidation sites excluding steroid dienone is 1. The molecule has 2 aliphatic rings. The van der Waals surface area contributed by atoms with Gasteiger partial charge in [-0.1, -0.05) is 42.5 Å². The van der Waals surface area contributed by atoms with Gasteiger partial charge in [0.2, 0.25) is 12.2 Å². The fourth-order valence-electron chi connectivity index (χ4n) is 5.40. The lowest BCUT2D eigenvalue weighted by Gasteiger charge is -2.31. The summed E-state index contributed by atoms with van der Waals surface area (Å²) in [6, 6.07) is 15.2. The molecule has 1 N–H and O–H groups in total. The topological polar surface area (TPSA) is 118 Å². The van der Waals surface area contributed by atoms with Gasteiger partial charge in [-0.3, -0.25) is 14.2 Å². The van der Waals surface area contributed by atoms with E-state index in [9.17, 15) is 14.7 Å². The van der Waals surface area contributed by atoms with Crippen LogP contribution in [-0.2, 0) is 46.4 Å². The number of nitrogens with zero attached hydrogens (tertiary/aromatic N) is 2. The number of benzene rings is 2. The average Bonchev–Trinajstić information content (AvgIpc) is 3.46. The Kier molecular flexibility index (Phi) is 12.1. The van der Waals surface area contributed by atoms with Crippen molar-refractivity contribution < 1.29 is 43.1 Å². The maximum absolute atomic E-state index is 14.0. The molecular formula is C34H42N2O9. The van der Waals surface area contributed by atoms with Gasteiger partial charge in [0.15, 0.2) is 5.76 Å². The van der Waals surface area contributed by atoms with Crippen molar-refractivity contribution in [3.05, 3.63) is 83.3 Å². The molecule has 242 valence electrons. The highest BCUT2D eigenvalue weighted by atomic mass is 16.7. The van der Waals surface area contributed by atoms with Crippen molar-refractivity contribution >= 4 is 22.7 Å². The minimum Gasteiger partial charge on any atom is -0.459 e. The maximum atomic E-state index is 14.0. The summed E-state index contributed by atoms with van der Waals surface area (Å²) in [4.78, 5) is 28.2. The van der Waals surface area contributed by atoms with E-state index < -0.39 is 6.29 Å². The van der Waals surface area contributed by atoms with Crippen LogP contribution in [0.3, 0.4) is 0 Å². The van der Waals surface area contributed by atoms with Crippen LogP contribution in [0, 0.1) is 0 Å². The van der Waals surface area contributed by atoms with E-state index >= 15 is 0 Å². The molecule has 2 aliphatic heterocycles. The highest BCUT2D eigenvalue weighted by molar-refractivity contribution is 5.95. The molecule has 3 aromatic rings. The predicted octanol–water partition coefficient (Wildman–Crippen LogP) is 3.63. The standard InChI is InChI=1S/C34H42N2O9/c1-25(38)36-22-30(29-4-2-3-5-31(29)36)28-20-32(45-33(21-28)44-24-27-8-6-26(23-37)7-9-27)34(39)35-10-12-40-14-16-42-18-19-43-17-15-41-13-11-35/h2-9,20,22,28,33,37H,10-19,21,23-24H2,1H3. The first kappa shape index (κ1) is 32.8. The number of amides is 1. The van der Waals surface area contributed by atoms with E-state index in [1.165, 1.54) is 6.92 Å². The minimum atomic E-state index is -0.721. The number of aliphatic hydroxyl groups excluding tert-OH is 1. The molecule has 0 saturated carbocycles. The molecule has 1 amide bonds. The number of hydrogen-bond acceptors (Lipinski definition) is 9. The van der Waals surface area contributed by atoms with Gasteiger partial charge >= 0.3 is 0 Å². The third-order valence-corrected chi connectivity index (χ3v) is 7.81. The van der Waals surface area contributed by atoms with E-state index in [0.29, 0.717) is 72.4 Å². The first-order valence-electron chi connectivity index (χ1n) is 15.4. The van der Waals surface area contributed by atoms with Crippen molar-refractivity contribution in [1.82, 2.24) is 9.47 Å². The molecular weight excluding hydrogens is 580 g/mol. The Hall–Kier alpha value is -3.58. The fraction of sp³-hybridized carbons (Fsp3) is 0.471. The zero-order valence-corrected chi connectivity index (χ0v) is 25.7. The summed E-state index contributed by atoms with van der Waals surface area (Å²) in [6.45, 7) is 5.80. The Balaban J connectivity index is 1.39. The van der Waals surface area contributed by atoms with Crippen molar-refractivity contribution in [2.24, 2.45) is 0 Å². The molecule has 0 radical (unpaired) electrons. The van der Waals surface area contributed by atoms with E-state index in [0.717, 1.165) is 27.6 Å². The Labute approximate surface area is 263 Å². The smallest absolute Gasteiger partial charge is 0.288 e. The number of para-hydroxylation sites is 1. The zero-order chi connectivity index (χ0) is 31.4. The molecule has 2 aromatic carbocycles. The second-order valence-electron chi connectivity index (χ2n) is 10.9. The van der Waals surface area contributed by atoms with Crippen LogP contribution in [0.25, 0.3) is 10.9 Å². The Morgan fingerprint density at radius 3 is 2.07 bits per heavy atom. The maximum Gasteiger partial charge on any atom is 0.288 e. The Morgan fingerprint density at radius 1 is 0.844 bits per heavy atom. The monoisotopic (exact) mass is 622 g/mol. The van der Waals surface area contributed by atoms with Gasteiger partial charge in [-0.05, 0) is 28.8 Å². The molecule has 11 nitrogen and oxygen atoms in total.